The maximum Gasteiger partial charge on any atom is 0.330 e. The van der Waals surface area contributed by atoms with E-state index in [1.54, 1.807) is 0 Å². The number of rotatable bonds is 4. The van der Waals surface area contributed by atoms with Crippen molar-refractivity contribution >= 4 is 33.6 Å². The van der Waals surface area contributed by atoms with E-state index >= 15 is 0 Å². The molecule has 0 radical (unpaired) electrons. The lowest BCUT2D eigenvalue weighted by Gasteiger charge is -2.05. The van der Waals surface area contributed by atoms with Gasteiger partial charge in [-0.15, -0.1) is 0 Å². The normalized spacial score (nSPS) is 11.3. The van der Waals surface area contributed by atoms with Gasteiger partial charge in [-0.3, -0.25) is 0 Å². The van der Waals surface area contributed by atoms with Gasteiger partial charge < -0.3 is 4.74 Å². The van der Waals surface area contributed by atoms with Gasteiger partial charge in [0, 0.05) is 6.08 Å². The molecule has 0 spiro atoms. The highest BCUT2D eigenvalue weighted by Crippen LogP contribution is 2.26. The summed E-state index contributed by atoms with van der Waals surface area (Å²) in [5.74, 6) is -0.292. The quantitative estimate of drug-likeness (QED) is 0.385. The van der Waals surface area contributed by atoms with Gasteiger partial charge in [0.2, 0.25) is 0 Å². The Bertz CT molecular complexity index is 847. The van der Waals surface area contributed by atoms with E-state index in [1.165, 1.54) is 22.2 Å². The second kappa shape index (κ2) is 6.44. The zero-order chi connectivity index (χ0) is 15.4. The van der Waals surface area contributed by atoms with Crippen molar-refractivity contribution in [2.75, 3.05) is 6.61 Å². The molecule has 3 aromatic carbocycles. The van der Waals surface area contributed by atoms with Gasteiger partial charge in [0.15, 0.2) is 0 Å². The minimum Gasteiger partial charge on any atom is -0.463 e. The van der Waals surface area contributed by atoms with Crippen LogP contribution in [-0.2, 0) is 9.53 Å². The maximum absolute atomic E-state index is 11.6. The third-order valence-corrected chi connectivity index (χ3v) is 3.63. The zero-order valence-corrected chi connectivity index (χ0v) is 12.6. The van der Waals surface area contributed by atoms with Crippen LogP contribution < -0.4 is 0 Å². The van der Waals surface area contributed by atoms with E-state index in [9.17, 15) is 4.79 Å². The highest BCUT2D eigenvalue weighted by Gasteiger charge is 2.02. The minimum absolute atomic E-state index is 0.292. The smallest absolute Gasteiger partial charge is 0.330 e. The van der Waals surface area contributed by atoms with Crippen LogP contribution in [0.1, 0.15) is 18.9 Å². The Morgan fingerprint density at radius 3 is 2.50 bits per heavy atom. The van der Waals surface area contributed by atoms with Crippen LogP contribution in [0.2, 0.25) is 0 Å². The molecule has 22 heavy (non-hydrogen) atoms. The average molecular weight is 290 g/mol. The van der Waals surface area contributed by atoms with Gasteiger partial charge in [-0.2, -0.15) is 0 Å². The zero-order valence-electron chi connectivity index (χ0n) is 12.6. The first-order chi connectivity index (χ1) is 10.8. The molecule has 0 aliphatic rings. The topological polar surface area (TPSA) is 26.3 Å². The fraction of sp³-hybridized carbons (Fsp3) is 0.150. The molecule has 3 rings (SSSR count). The summed E-state index contributed by atoms with van der Waals surface area (Å²) in [6.45, 7) is 2.44. The summed E-state index contributed by atoms with van der Waals surface area (Å²) in [7, 11) is 0. The van der Waals surface area contributed by atoms with Crippen LogP contribution >= 0.6 is 0 Å². The van der Waals surface area contributed by atoms with E-state index in [2.05, 4.69) is 30.3 Å². The molecule has 2 heteroatoms. The number of carbonyl (C=O) groups excluding carboxylic acids is 1. The fourth-order valence-corrected chi connectivity index (χ4v) is 2.54. The molecule has 2 nitrogen and oxygen atoms in total. The lowest BCUT2D eigenvalue weighted by molar-refractivity contribution is -0.137. The van der Waals surface area contributed by atoms with Crippen molar-refractivity contribution in [3.63, 3.8) is 0 Å². The summed E-state index contributed by atoms with van der Waals surface area (Å²) in [6.07, 6.45) is 4.16. The van der Waals surface area contributed by atoms with Crippen molar-refractivity contribution in [3.8, 4) is 0 Å². The van der Waals surface area contributed by atoms with E-state index in [0.29, 0.717) is 6.61 Å². The monoisotopic (exact) mass is 290 g/mol. The van der Waals surface area contributed by atoms with Crippen molar-refractivity contribution in [3.05, 3.63) is 66.2 Å². The van der Waals surface area contributed by atoms with Gasteiger partial charge in [0.1, 0.15) is 0 Å². The standard InChI is InChI=1S/C20H18O2/c1-2-12-22-20(21)11-10-15-8-5-9-18-13-16-6-3-4-7-17(16)14-19(15)18/h3-11,13-14H,2,12H2,1H3. The Morgan fingerprint density at radius 1 is 1.00 bits per heavy atom. The van der Waals surface area contributed by atoms with Crippen LogP contribution in [0.15, 0.2) is 60.7 Å². The molecule has 0 aliphatic carbocycles. The summed E-state index contributed by atoms with van der Waals surface area (Å²) in [4.78, 5) is 11.6. The molecule has 0 N–H and O–H groups in total. The Kier molecular flexibility index (Phi) is 4.19. The fourth-order valence-electron chi connectivity index (χ4n) is 2.54. The van der Waals surface area contributed by atoms with Crippen LogP contribution in [0.4, 0.5) is 0 Å². The molecule has 0 aromatic heterocycles. The number of esters is 1. The number of hydrogen-bond donors (Lipinski definition) is 0. The summed E-state index contributed by atoms with van der Waals surface area (Å²) >= 11 is 0. The number of hydrogen-bond acceptors (Lipinski definition) is 2. The first-order valence-electron chi connectivity index (χ1n) is 7.54. The van der Waals surface area contributed by atoms with Crippen LogP contribution in [-0.4, -0.2) is 12.6 Å². The molecular weight excluding hydrogens is 272 g/mol. The third kappa shape index (κ3) is 3.01. The van der Waals surface area contributed by atoms with Crippen LogP contribution in [0.3, 0.4) is 0 Å². The van der Waals surface area contributed by atoms with Crippen molar-refractivity contribution in [1.82, 2.24) is 0 Å². The van der Waals surface area contributed by atoms with E-state index in [1.807, 2.05) is 37.3 Å². The molecule has 0 amide bonds. The van der Waals surface area contributed by atoms with E-state index < -0.39 is 0 Å². The molecular formula is C20H18O2. The molecule has 110 valence electrons. The Hall–Kier alpha value is -2.61. The molecule has 0 fully saturated rings. The molecule has 0 bridgehead atoms. The van der Waals surface area contributed by atoms with Crippen molar-refractivity contribution in [2.45, 2.75) is 13.3 Å². The van der Waals surface area contributed by atoms with Gasteiger partial charge >= 0.3 is 5.97 Å². The first kappa shape index (κ1) is 14.3. The third-order valence-electron chi connectivity index (χ3n) is 3.63. The van der Waals surface area contributed by atoms with Crippen LogP contribution in [0, 0.1) is 0 Å². The summed E-state index contributed by atoms with van der Waals surface area (Å²) in [6, 6.07) is 18.8. The molecule has 0 unspecified atom stereocenters. The Labute approximate surface area is 130 Å². The van der Waals surface area contributed by atoms with Crippen LogP contribution in [0.5, 0.6) is 0 Å². The first-order valence-corrected chi connectivity index (χ1v) is 7.54. The number of benzene rings is 3. The lowest BCUT2D eigenvalue weighted by Crippen LogP contribution is -2.00. The maximum atomic E-state index is 11.6. The highest BCUT2D eigenvalue weighted by atomic mass is 16.5. The molecule has 0 atom stereocenters. The highest BCUT2D eigenvalue weighted by molar-refractivity contribution is 6.02. The second-order valence-electron chi connectivity index (χ2n) is 5.27. The van der Waals surface area contributed by atoms with Crippen LogP contribution in [0.25, 0.3) is 27.6 Å². The van der Waals surface area contributed by atoms with E-state index in [4.69, 9.17) is 4.74 Å². The summed E-state index contributed by atoms with van der Waals surface area (Å²) < 4.78 is 5.07. The van der Waals surface area contributed by atoms with Crippen molar-refractivity contribution in [1.29, 1.82) is 0 Å². The van der Waals surface area contributed by atoms with E-state index in [0.717, 1.165) is 17.4 Å². The SMILES string of the molecule is CCCOC(=O)C=Cc1cccc2cc3ccccc3cc12. The van der Waals surface area contributed by atoms with Gasteiger partial charge in [-0.1, -0.05) is 49.4 Å². The van der Waals surface area contributed by atoms with Crippen molar-refractivity contribution < 1.29 is 9.53 Å². The summed E-state index contributed by atoms with van der Waals surface area (Å²) in [5.41, 5.74) is 1.02. The largest absolute Gasteiger partial charge is 0.463 e. The lowest BCUT2D eigenvalue weighted by atomic mass is 9.99. The molecule has 0 aliphatic heterocycles. The van der Waals surface area contributed by atoms with Gasteiger partial charge in [0.05, 0.1) is 6.61 Å². The summed E-state index contributed by atoms with van der Waals surface area (Å²) in [5, 5.41) is 4.73. The van der Waals surface area contributed by atoms with E-state index in [-0.39, 0.29) is 5.97 Å². The molecule has 3 aromatic rings. The number of ether oxygens (including phenoxy) is 1. The number of carbonyl (C=O) groups is 1. The predicted octanol–water partition coefficient (Wildman–Crippen LogP) is 4.96. The van der Waals surface area contributed by atoms with Gasteiger partial charge in [-0.05, 0) is 51.7 Å². The molecule has 0 saturated carbocycles. The second-order valence-corrected chi connectivity index (χ2v) is 5.27. The predicted molar refractivity (Wildman–Crippen MR) is 91.7 cm³/mol. The molecule has 0 saturated heterocycles. The minimum atomic E-state index is -0.292. The Balaban J connectivity index is 2.00. The number of fused-ring (bicyclic) bond motifs is 2. The Morgan fingerprint density at radius 2 is 1.73 bits per heavy atom. The van der Waals surface area contributed by atoms with Gasteiger partial charge in [0.25, 0.3) is 0 Å². The van der Waals surface area contributed by atoms with Crippen molar-refractivity contribution in [2.24, 2.45) is 0 Å². The average Bonchev–Trinajstić information content (AvgIpc) is 2.56. The van der Waals surface area contributed by atoms with Gasteiger partial charge in [-0.25, -0.2) is 4.79 Å². The molecule has 0 heterocycles.